The fourth-order valence-corrected chi connectivity index (χ4v) is 6.49. The van der Waals surface area contributed by atoms with Crippen LogP contribution in [0, 0.1) is 17.1 Å². The monoisotopic (exact) mass is 603 g/mol. The summed E-state index contributed by atoms with van der Waals surface area (Å²) in [6.07, 6.45) is 2.00. The number of halogens is 1. The normalized spacial score (nSPS) is 11.4. The van der Waals surface area contributed by atoms with Crippen LogP contribution < -0.4 is 9.62 Å². The first-order chi connectivity index (χ1) is 21.3. The third-order valence-corrected chi connectivity index (χ3v) is 9.30. The maximum atomic E-state index is 14.5. The van der Waals surface area contributed by atoms with E-state index in [1.807, 2.05) is 48.5 Å². The van der Waals surface area contributed by atoms with Crippen molar-refractivity contribution in [3.05, 3.63) is 115 Å². The summed E-state index contributed by atoms with van der Waals surface area (Å²) in [7, 11) is -2.78. The molecule has 0 atom stereocenters. The van der Waals surface area contributed by atoms with Crippen molar-refractivity contribution < 1.29 is 17.6 Å². The van der Waals surface area contributed by atoms with E-state index in [1.54, 1.807) is 36.5 Å². The molecule has 6 rings (SSSR count). The predicted octanol–water partition coefficient (Wildman–Crippen LogP) is 6.66. The summed E-state index contributed by atoms with van der Waals surface area (Å²) in [5, 5.41) is 13.0. The van der Waals surface area contributed by atoms with Gasteiger partial charge in [0.25, 0.3) is 15.9 Å². The van der Waals surface area contributed by atoms with Gasteiger partial charge in [0.2, 0.25) is 0 Å². The Labute approximate surface area is 253 Å². The van der Waals surface area contributed by atoms with Crippen molar-refractivity contribution in [2.75, 3.05) is 17.9 Å². The highest BCUT2D eigenvalue weighted by Gasteiger charge is 2.26. The Hall–Kier alpha value is -5.53. The fourth-order valence-electron chi connectivity index (χ4n) is 5.24. The molecule has 0 saturated heterocycles. The van der Waals surface area contributed by atoms with Crippen LogP contribution in [0.5, 0.6) is 0 Å². The molecular weight excluding hydrogens is 577 g/mol. The molecule has 0 radical (unpaired) electrons. The predicted molar refractivity (Wildman–Crippen MR) is 169 cm³/mol. The number of rotatable bonds is 8. The van der Waals surface area contributed by atoms with Crippen LogP contribution in [-0.2, 0) is 10.0 Å². The second kappa shape index (κ2) is 11.6. The Morgan fingerprint density at radius 3 is 2.43 bits per heavy atom. The number of benzene rings is 4. The maximum Gasteiger partial charge on any atom is 0.266 e. The van der Waals surface area contributed by atoms with E-state index in [9.17, 15) is 17.6 Å². The van der Waals surface area contributed by atoms with Crippen LogP contribution in [0.4, 0.5) is 10.1 Å². The van der Waals surface area contributed by atoms with Gasteiger partial charge in [-0.2, -0.15) is 5.26 Å². The van der Waals surface area contributed by atoms with Crippen molar-refractivity contribution in [1.29, 1.82) is 5.26 Å². The van der Waals surface area contributed by atoms with Gasteiger partial charge in [-0.3, -0.25) is 9.10 Å². The van der Waals surface area contributed by atoms with Gasteiger partial charge in [-0.25, -0.2) is 17.8 Å². The molecule has 8 nitrogen and oxygen atoms in total. The molecule has 0 aliphatic rings. The lowest BCUT2D eigenvalue weighted by molar-refractivity contribution is 0.0954. The molecule has 4 aromatic carbocycles. The Morgan fingerprint density at radius 2 is 1.70 bits per heavy atom. The van der Waals surface area contributed by atoms with Crippen LogP contribution >= 0.6 is 0 Å². The Bertz CT molecular complexity index is 2170. The number of aromatic nitrogens is 2. The number of carbonyl (C=O) groups excluding carboxylic acids is 1. The van der Waals surface area contributed by atoms with E-state index in [0.29, 0.717) is 16.9 Å². The van der Waals surface area contributed by atoms with Crippen molar-refractivity contribution in [3.8, 4) is 28.3 Å². The zero-order valence-corrected chi connectivity index (χ0v) is 24.4. The molecule has 2 N–H and O–H groups in total. The minimum absolute atomic E-state index is 0.229. The van der Waals surface area contributed by atoms with E-state index in [4.69, 9.17) is 10.2 Å². The first-order valence-electron chi connectivity index (χ1n) is 13.8. The van der Waals surface area contributed by atoms with E-state index >= 15 is 0 Å². The number of nitrogens with zero attached hydrogens (tertiary/aromatic N) is 3. The molecule has 1 amide bonds. The molecule has 0 bridgehead atoms. The molecule has 2 heterocycles. The topological polar surface area (TPSA) is 119 Å². The Kier molecular flexibility index (Phi) is 7.55. The number of sulfonamides is 1. The molecule has 10 heteroatoms. The summed E-state index contributed by atoms with van der Waals surface area (Å²) in [6, 6.07) is 29.5. The standard InChI is InChI=1S/C34H26FN5O3S/c1-40(44(42,43)30-11-6-5-10-28(30)35)25-16-17-29-26(20-25)32-31(23-8-3-2-4-9-23)27(21-38-33(32)39-29)22-12-14-24(15-13-22)34(41)37-19-7-18-36/h2-6,8-17,20-21H,7,19H2,1H3,(H,37,41)(H,38,39). The third-order valence-electron chi connectivity index (χ3n) is 7.49. The number of nitriles is 1. The molecule has 218 valence electrons. The smallest absolute Gasteiger partial charge is 0.266 e. The summed E-state index contributed by atoms with van der Waals surface area (Å²) < 4.78 is 42.4. The number of aromatic amines is 1. The highest BCUT2D eigenvalue weighted by molar-refractivity contribution is 7.92. The number of hydrogen-bond acceptors (Lipinski definition) is 5. The van der Waals surface area contributed by atoms with Crippen molar-refractivity contribution in [2.45, 2.75) is 11.3 Å². The van der Waals surface area contributed by atoms with Crippen LogP contribution in [0.1, 0.15) is 16.8 Å². The fraction of sp³-hybridized carbons (Fsp3) is 0.0882. The van der Waals surface area contributed by atoms with Crippen molar-refractivity contribution >= 4 is 43.6 Å². The van der Waals surface area contributed by atoms with Gasteiger partial charge < -0.3 is 10.3 Å². The molecular formula is C34H26FN5O3S. The van der Waals surface area contributed by atoms with Crippen molar-refractivity contribution in [3.63, 3.8) is 0 Å². The number of H-pyrrole nitrogens is 1. The maximum absolute atomic E-state index is 14.5. The van der Waals surface area contributed by atoms with E-state index in [2.05, 4.69) is 10.3 Å². The highest BCUT2D eigenvalue weighted by Crippen LogP contribution is 2.41. The molecule has 0 saturated carbocycles. The summed E-state index contributed by atoms with van der Waals surface area (Å²) in [6.45, 7) is 0.273. The van der Waals surface area contributed by atoms with Gasteiger partial charge in [0.05, 0.1) is 18.2 Å². The lowest BCUT2D eigenvalue weighted by atomic mass is 9.92. The second-order valence-electron chi connectivity index (χ2n) is 10.1. The van der Waals surface area contributed by atoms with Gasteiger partial charge in [-0.05, 0) is 53.6 Å². The van der Waals surface area contributed by atoms with Crippen molar-refractivity contribution in [2.24, 2.45) is 0 Å². The highest BCUT2D eigenvalue weighted by atomic mass is 32.2. The molecule has 2 aromatic heterocycles. The van der Waals surface area contributed by atoms with Crippen LogP contribution in [0.3, 0.4) is 0 Å². The summed E-state index contributed by atoms with van der Waals surface area (Å²) in [4.78, 5) is 20.2. The van der Waals surface area contributed by atoms with Gasteiger partial charge in [-0.1, -0.05) is 54.6 Å². The van der Waals surface area contributed by atoms with Crippen LogP contribution in [0.2, 0.25) is 0 Å². The quantitative estimate of drug-likeness (QED) is 0.189. The van der Waals surface area contributed by atoms with Gasteiger partial charge in [-0.15, -0.1) is 0 Å². The zero-order valence-electron chi connectivity index (χ0n) is 23.6. The molecule has 6 aromatic rings. The first-order valence-corrected chi connectivity index (χ1v) is 15.2. The van der Waals surface area contributed by atoms with E-state index in [1.165, 1.54) is 25.2 Å². The minimum Gasteiger partial charge on any atom is -0.351 e. The second-order valence-corrected chi connectivity index (χ2v) is 12.1. The van der Waals surface area contributed by atoms with Crippen molar-refractivity contribution in [1.82, 2.24) is 15.3 Å². The molecule has 44 heavy (non-hydrogen) atoms. The van der Waals surface area contributed by atoms with Crippen LogP contribution in [-0.4, -0.2) is 37.9 Å². The lowest BCUT2D eigenvalue weighted by Crippen LogP contribution is -2.27. The number of amides is 1. The number of carbonyl (C=O) groups is 1. The molecule has 0 aliphatic heterocycles. The Morgan fingerprint density at radius 1 is 0.977 bits per heavy atom. The number of nitrogens with one attached hydrogen (secondary N) is 2. The molecule has 0 unspecified atom stereocenters. The first kappa shape index (κ1) is 28.6. The van der Waals surface area contributed by atoms with Gasteiger partial charge in [0.15, 0.2) is 0 Å². The zero-order chi connectivity index (χ0) is 30.8. The molecule has 0 spiro atoms. The average Bonchev–Trinajstić information content (AvgIpc) is 3.42. The number of pyridine rings is 1. The number of hydrogen-bond donors (Lipinski definition) is 2. The van der Waals surface area contributed by atoms with E-state index in [0.717, 1.165) is 48.9 Å². The minimum atomic E-state index is -4.18. The van der Waals surface area contributed by atoms with E-state index < -0.39 is 20.7 Å². The van der Waals surface area contributed by atoms with Gasteiger partial charge in [0, 0.05) is 52.8 Å². The van der Waals surface area contributed by atoms with Gasteiger partial charge in [0.1, 0.15) is 16.4 Å². The summed E-state index contributed by atoms with van der Waals surface area (Å²) in [5.74, 6) is -1.08. The Balaban J connectivity index is 1.50. The summed E-state index contributed by atoms with van der Waals surface area (Å²) >= 11 is 0. The third kappa shape index (κ3) is 5.14. The largest absolute Gasteiger partial charge is 0.351 e. The van der Waals surface area contributed by atoms with E-state index in [-0.39, 0.29) is 18.9 Å². The van der Waals surface area contributed by atoms with Crippen LogP contribution in [0.15, 0.2) is 108 Å². The summed E-state index contributed by atoms with van der Waals surface area (Å²) in [5.41, 5.74) is 5.65. The van der Waals surface area contributed by atoms with Gasteiger partial charge >= 0.3 is 0 Å². The average molecular weight is 604 g/mol. The van der Waals surface area contributed by atoms with Crippen LogP contribution in [0.25, 0.3) is 44.2 Å². The lowest BCUT2D eigenvalue weighted by Gasteiger charge is -2.20. The number of anilines is 1. The SMILES string of the molecule is CN(c1ccc2[nH]c3ncc(-c4ccc(C(=O)NCCC#N)cc4)c(-c4ccccc4)c3c2c1)S(=O)(=O)c1ccccc1F. The molecule has 0 aliphatic carbocycles. The number of fused-ring (bicyclic) bond motifs is 3. The molecule has 0 fully saturated rings.